The van der Waals surface area contributed by atoms with E-state index in [4.69, 9.17) is 9.84 Å². The van der Waals surface area contributed by atoms with E-state index in [-0.39, 0.29) is 22.6 Å². The molecule has 0 fully saturated rings. The topological polar surface area (TPSA) is 116 Å². The third-order valence-electron chi connectivity index (χ3n) is 2.17. The van der Waals surface area contributed by atoms with E-state index in [0.717, 1.165) is 12.1 Å². The Morgan fingerprint density at radius 2 is 2.06 bits per heavy atom. The highest BCUT2D eigenvalue weighted by Crippen LogP contribution is 2.29. The van der Waals surface area contributed by atoms with Gasteiger partial charge in [-0.05, 0) is 6.07 Å². The molecule has 1 N–H and O–H groups in total. The zero-order valence-corrected chi connectivity index (χ0v) is 9.40. The second-order valence-electron chi connectivity index (χ2n) is 3.24. The van der Waals surface area contributed by atoms with Gasteiger partial charge in [0.2, 0.25) is 6.20 Å². The Hall–Kier alpha value is -2.48. The van der Waals surface area contributed by atoms with Crippen molar-refractivity contribution in [2.45, 2.75) is 6.61 Å². The third kappa shape index (κ3) is 3.01. The molecule has 0 aromatic heterocycles. The van der Waals surface area contributed by atoms with E-state index in [2.05, 4.69) is 0 Å². The monoisotopic (exact) mass is 254 g/mol. The maximum absolute atomic E-state index is 10.8. The van der Waals surface area contributed by atoms with Crippen LogP contribution in [0.3, 0.4) is 0 Å². The lowest BCUT2D eigenvalue weighted by molar-refractivity contribution is -0.401. The van der Waals surface area contributed by atoms with Gasteiger partial charge in [0.15, 0.2) is 0 Å². The Bertz CT molecular complexity index is 511. The molecule has 96 valence electrons. The minimum Gasteiger partial charge on any atom is -0.496 e. The van der Waals surface area contributed by atoms with Gasteiger partial charge < -0.3 is 9.84 Å². The quantitative estimate of drug-likeness (QED) is 0.626. The molecule has 1 rings (SSSR count). The van der Waals surface area contributed by atoms with Gasteiger partial charge in [0, 0.05) is 17.7 Å². The molecule has 8 heteroatoms. The van der Waals surface area contributed by atoms with E-state index in [9.17, 15) is 20.2 Å². The Labute approximate surface area is 101 Å². The van der Waals surface area contributed by atoms with Crippen molar-refractivity contribution in [3.05, 3.63) is 49.7 Å². The van der Waals surface area contributed by atoms with Crippen LogP contribution >= 0.6 is 0 Å². The van der Waals surface area contributed by atoms with Crippen LogP contribution in [0.1, 0.15) is 11.1 Å². The van der Waals surface area contributed by atoms with Crippen LogP contribution in [0.5, 0.6) is 5.75 Å². The molecule has 0 aliphatic carbocycles. The first-order valence-corrected chi connectivity index (χ1v) is 4.77. The van der Waals surface area contributed by atoms with Crippen molar-refractivity contribution < 1.29 is 19.7 Å². The summed E-state index contributed by atoms with van der Waals surface area (Å²) in [6.07, 6.45) is 1.60. The lowest BCUT2D eigenvalue weighted by atomic mass is 10.1. The SMILES string of the molecule is COc1cc(/C=C/[N+](=O)[O-])c([N+](=O)[O-])cc1CO. The number of methoxy groups -OCH3 is 1. The van der Waals surface area contributed by atoms with Crippen LogP contribution in [0.4, 0.5) is 5.69 Å². The second kappa shape index (κ2) is 5.73. The normalized spacial score (nSPS) is 10.6. The summed E-state index contributed by atoms with van der Waals surface area (Å²) in [7, 11) is 1.33. The molecule has 0 radical (unpaired) electrons. The third-order valence-corrected chi connectivity index (χ3v) is 2.17. The molecule has 0 bridgehead atoms. The summed E-state index contributed by atoms with van der Waals surface area (Å²) in [4.78, 5) is 19.6. The highest BCUT2D eigenvalue weighted by Gasteiger charge is 2.17. The molecule has 0 aliphatic heterocycles. The predicted octanol–water partition coefficient (Wildman–Crippen LogP) is 1.34. The number of ether oxygens (including phenoxy) is 1. The summed E-state index contributed by atoms with van der Waals surface area (Å²) in [5, 5.41) is 30.1. The molecule has 8 nitrogen and oxygen atoms in total. The van der Waals surface area contributed by atoms with Crippen molar-refractivity contribution in [3.63, 3.8) is 0 Å². The average Bonchev–Trinajstić information content (AvgIpc) is 2.34. The number of nitro benzene ring substituents is 1. The molecule has 1 aromatic rings. The summed E-state index contributed by atoms with van der Waals surface area (Å²) < 4.78 is 4.93. The van der Waals surface area contributed by atoms with Crippen LogP contribution in [-0.2, 0) is 6.61 Å². The number of aliphatic hydroxyl groups excluding tert-OH is 1. The second-order valence-corrected chi connectivity index (χ2v) is 3.24. The smallest absolute Gasteiger partial charge is 0.277 e. The molecule has 0 atom stereocenters. The number of rotatable bonds is 5. The summed E-state index contributed by atoms with van der Waals surface area (Å²) in [6.45, 7) is -0.427. The largest absolute Gasteiger partial charge is 0.496 e. The van der Waals surface area contributed by atoms with E-state index in [0.29, 0.717) is 6.20 Å². The van der Waals surface area contributed by atoms with Gasteiger partial charge in [0.05, 0.1) is 29.1 Å². The number of nitro groups is 2. The maximum atomic E-state index is 10.8. The summed E-state index contributed by atoms with van der Waals surface area (Å²) in [6, 6.07) is 2.39. The van der Waals surface area contributed by atoms with Gasteiger partial charge in [-0.2, -0.15) is 0 Å². The summed E-state index contributed by atoms with van der Waals surface area (Å²) in [5.74, 6) is 0.228. The molecule has 0 spiro atoms. The lowest BCUT2D eigenvalue weighted by Crippen LogP contribution is -1.98. The molecule has 0 aliphatic rings. The van der Waals surface area contributed by atoms with Gasteiger partial charge >= 0.3 is 0 Å². The van der Waals surface area contributed by atoms with Crippen LogP contribution in [0.25, 0.3) is 6.08 Å². The number of hydrogen-bond donors (Lipinski definition) is 1. The molecule has 0 saturated carbocycles. The molecule has 18 heavy (non-hydrogen) atoms. The van der Waals surface area contributed by atoms with Crippen molar-refractivity contribution in [2.24, 2.45) is 0 Å². The predicted molar refractivity (Wildman–Crippen MR) is 61.6 cm³/mol. The van der Waals surface area contributed by atoms with Gasteiger partial charge in [-0.3, -0.25) is 20.2 Å². The first kappa shape index (κ1) is 13.6. The molecule has 0 heterocycles. The van der Waals surface area contributed by atoms with Gasteiger partial charge in [-0.25, -0.2) is 0 Å². The first-order valence-electron chi connectivity index (χ1n) is 4.77. The minimum absolute atomic E-state index is 0.0331. The number of hydrogen-bond acceptors (Lipinski definition) is 6. The van der Waals surface area contributed by atoms with Crippen LogP contribution in [0.2, 0.25) is 0 Å². The van der Waals surface area contributed by atoms with Crippen molar-refractivity contribution in [3.8, 4) is 5.75 Å². The Balaban J connectivity index is 3.37. The maximum Gasteiger partial charge on any atom is 0.277 e. The van der Waals surface area contributed by atoms with E-state index < -0.39 is 16.5 Å². The van der Waals surface area contributed by atoms with Gasteiger partial charge in [-0.15, -0.1) is 0 Å². The van der Waals surface area contributed by atoms with Crippen LogP contribution in [0, 0.1) is 20.2 Å². The Kier molecular flexibility index (Phi) is 4.33. The van der Waals surface area contributed by atoms with Gasteiger partial charge in [0.25, 0.3) is 5.69 Å². The molecule has 0 unspecified atom stereocenters. The van der Waals surface area contributed by atoms with E-state index in [1.807, 2.05) is 0 Å². The van der Waals surface area contributed by atoms with Gasteiger partial charge in [0.1, 0.15) is 5.75 Å². The fraction of sp³-hybridized carbons (Fsp3) is 0.200. The Morgan fingerprint density at radius 1 is 1.39 bits per heavy atom. The molecule has 1 aromatic carbocycles. The van der Waals surface area contributed by atoms with E-state index in [1.165, 1.54) is 13.2 Å². The summed E-state index contributed by atoms with van der Waals surface area (Å²) in [5.41, 5.74) is -0.0637. The van der Waals surface area contributed by atoms with E-state index >= 15 is 0 Å². The highest BCUT2D eigenvalue weighted by atomic mass is 16.6. The molecule has 0 amide bonds. The highest BCUT2D eigenvalue weighted by molar-refractivity contribution is 5.64. The number of nitrogens with zero attached hydrogens (tertiary/aromatic N) is 2. The molecular formula is C10H10N2O6. The zero-order valence-electron chi connectivity index (χ0n) is 9.40. The molecule has 0 saturated heterocycles. The fourth-order valence-electron chi connectivity index (χ4n) is 1.37. The first-order chi connectivity index (χ1) is 8.49. The number of aliphatic hydroxyl groups is 1. The average molecular weight is 254 g/mol. The van der Waals surface area contributed by atoms with Gasteiger partial charge in [-0.1, -0.05) is 0 Å². The standard InChI is InChI=1S/C10H10N2O6/c1-18-10-5-7(2-3-11(14)15)9(12(16)17)4-8(10)6-13/h2-5,13H,6H2,1H3/b3-2+. The van der Waals surface area contributed by atoms with Crippen molar-refractivity contribution in [1.29, 1.82) is 0 Å². The van der Waals surface area contributed by atoms with Crippen LogP contribution in [0.15, 0.2) is 18.3 Å². The minimum atomic E-state index is -0.726. The Morgan fingerprint density at radius 3 is 2.50 bits per heavy atom. The summed E-state index contributed by atoms with van der Waals surface area (Å²) >= 11 is 0. The van der Waals surface area contributed by atoms with Crippen molar-refractivity contribution in [1.82, 2.24) is 0 Å². The molecular weight excluding hydrogens is 244 g/mol. The van der Waals surface area contributed by atoms with Crippen LogP contribution < -0.4 is 4.74 Å². The lowest BCUT2D eigenvalue weighted by Gasteiger charge is -2.07. The van der Waals surface area contributed by atoms with Crippen molar-refractivity contribution >= 4 is 11.8 Å². The zero-order chi connectivity index (χ0) is 13.7. The van der Waals surface area contributed by atoms with Crippen molar-refractivity contribution in [2.75, 3.05) is 7.11 Å². The number of benzene rings is 1. The van der Waals surface area contributed by atoms with E-state index in [1.54, 1.807) is 0 Å². The fourth-order valence-corrected chi connectivity index (χ4v) is 1.37. The van der Waals surface area contributed by atoms with Crippen LogP contribution in [-0.4, -0.2) is 22.1 Å².